The van der Waals surface area contributed by atoms with Crippen LogP contribution in [0.25, 0.3) is 0 Å². The molecule has 0 radical (unpaired) electrons. The molecule has 0 aliphatic carbocycles. The van der Waals surface area contributed by atoms with Crippen LogP contribution in [-0.2, 0) is 19.2 Å². The van der Waals surface area contributed by atoms with Gasteiger partial charge in [-0.3, -0.25) is 9.80 Å². The van der Waals surface area contributed by atoms with Gasteiger partial charge in [-0.1, -0.05) is 0 Å². The van der Waals surface area contributed by atoms with E-state index in [2.05, 4.69) is 0 Å². The molecule has 0 aromatic rings. The molecule has 0 rings (SSSR count). The van der Waals surface area contributed by atoms with Gasteiger partial charge >= 0.3 is 0 Å². The third-order valence-corrected chi connectivity index (χ3v) is 2.31. The molecule has 16 heteroatoms. The summed E-state index contributed by atoms with van der Waals surface area (Å²) in [5.41, 5.74) is 9.81. The molecule has 0 fully saturated rings. The standard InChI is InChI=1S/C10H16N2O8.C2H8N2.4H3N/c13-7(14)3-11(4-8(15)16)1-2-12(5-9(17)18)6-10(19)20;3-1-2-4;;;;/h1-6H2,(H,13,14)(H,15,16)(H,17,18)(H,19,20);1-4H2;4*1H3. The monoisotopic (exact) mass is 420 g/mol. The molecule has 16 nitrogen and oxygen atoms in total. The van der Waals surface area contributed by atoms with E-state index in [0.29, 0.717) is 13.1 Å². The van der Waals surface area contributed by atoms with Gasteiger partial charge in [0.15, 0.2) is 0 Å². The molecule has 172 valence electrons. The molecule has 0 aliphatic rings. The van der Waals surface area contributed by atoms with E-state index in [1.807, 2.05) is 0 Å². The van der Waals surface area contributed by atoms with Crippen LogP contribution in [0.1, 0.15) is 0 Å². The molecule has 0 spiro atoms. The highest BCUT2D eigenvalue weighted by Crippen LogP contribution is 1.92. The summed E-state index contributed by atoms with van der Waals surface area (Å²) in [6, 6.07) is 0. The maximum Gasteiger partial charge on any atom is 0.0555 e. The average molecular weight is 420 g/mol. The first-order valence-electron chi connectivity index (χ1n) is 6.76. The Labute approximate surface area is 162 Å². The zero-order chi connectivity index (χ0) is 19.1. The highest BCUT2D eigenvalue weighted by molar-refractivity contribution is 5.71. The van der Waals surface area contributed by atoms with Gasteiger partial charge in [-0.05, 0) is 0 Å². The molecule has 0 atom stereocenters. The maximum atomic E-state index is 10.4. The number of carbonyl (C=O) groups is 4. The van der Waals surface area contributed by atoms with Crippen LogP contribution in [-0.4, -0.2) is 86.0 Å². The highest BCUT2D eigenvalue weighted by Gasteiger charge is 2.10. The predicted octanol–water partition coefficient (Wildman–Crippen LogP) is -7.00. The van der Waals surface area contributed by atoms with Gasteiger partial charge in [0.25, 0.3) is 0 Å². The minimum Gasteiger partial charge on any atom is -0.549 e. The second-order valence-corrected chi connectivity index (χ2v) is 4.49. The van der Waals surface area contributed by atoms with Crippen LogP contribution in [0.5, 0.6) is 0 Å². The van der Waals surface area contributed by atoms with Crippen LogP contribution in [0.3, 0.4) is 0 Å². The third-order valence-electron chi connectivity index (χ3n) is 2.31. The summed E-state index contributed by atoms with van der Waals surface area (Å²) in [6.07, 6.45) is 0. The second-order valence-electron chi connectivity index (χ2n) is 4.49. The van der Waals surface area contributed by atoms with Crippen molar-refractivity contribution in [2.75, 3.05) is 52.4 Å². The number of hydrogen-bond acceptors (Lipinski definition) is 12. The minimum absolute atomic E-state index is 0. The van der Waals surface area contributed by atoms with Gasteiger partial charge in [0.05, 0.1) is 23.9 Å². The van der Waals surface area contributed by atoms with Crippen molar-refractivity contribution in [2.45, 2.75) is 0 Å². The van der Waals surface area contributed by atoms with Gasteiger partial charge in [0.1, 0.15) is 0 Å². The van der Waals surface area contributed by atoms with Gasteiger partial charge in [0, 0.05) is 52.4 Å². The van der Waals surface area contributed by atoms with Crippen LogP contribution in [0.4, 0.5) is 0 Å². The van der Waals surface area contributed by atoms with E-state index >= 15 is 0 Å². The minimum atomic E-state index is -1.53. The Balaban J connectivity index is -0.000000137. The van der Waals surface area contributed by atoms with E-state index in [4.69, 9.17) is 11.5 Å². The molecule has 0 unspecified atom stereocenters. The SMILES string of the molecule is NCCN.O=C([O-])CN(CCN(CC(=O)[O-])CC(=O)[O-])CC(=O)[O-].[NH4+].[NH4+].[NH4+].[NH4+]. The summed E-state index contributed by atoms with van der Waals surface area (Å²) in [7, 11) is 0. The Morgan fingerprint density at radius 2 is 0.714 bits per heavy atom. The van der Waals surface area contributed by atoms with Crippen LogP contribution in [0.15, 0.2) is 0 Å². The van der Waals surface area contributed by atoms with Crippen LogP contribution in [0, 0.1) is 0 Å². The second kappa shape index (κ2) is 24.6. The zero-order valence-electron chi connectivity index (χ0n) is 17.0. The molecule has 0 heterocycles. The van der Waals surface area contributed by atoms with E-state index in [1.165, 1.54) is 0 Å². The summed E-state index contributed by atoms with van der Waals surface area (Å²) in [6.45, 7) is -2.06. The predicted molar refractivity (Wildman–Crippen MR) is 95.0 cm³/mol. The lowest BCUT2D eigenvalue weighted by atomic mass is 10.4. The van der Waals surface area contributed by atoms with Crippen LogP contribution in [0.2, 0.25) is 0 Å². The van der Waals surface area contributed by atoms with Crippen LogP contribution < -0.4 is 56.5 Å². The lowest BCUT2D eigenvalue weighted by molar-refractivity contribution is -0.314. The highest BCUT2D eigenvalue weighted by atomic mass is 16.4. The molecule has 0 aliphatic heterocycles. The first-order valence-corrected chi connectivity index (χ1v) is 6.76. The van der Waals surface area contributed by atoms with Gasteiger partial charge < -0.3 is 75.7 Å². The number of carboxylic acids is 4. The number of nitrogens with zero attached hydrogens (tertiary/aromatic N) is 2. The molecular formula is C12H36N8O8. The average Bonchev–Trinajstić information content (AvgIpc) is 2.42. The first kappa shape index (κ1) is 40.3. The van der Waals surface area contributed by atoms with Crippen molar-refractivity contribution in [3.63, 3.8) is 0 Å². The molecule has 0 amide bonds. The van der Waals surface area contributed by atoms with E-state index in [1.54, 1.807) is 0 Å². The fraction of sp³-hybridized carbons (Fsp3) is 0.667. The topological polar surface area (TPSA) is 365 Å². The number of rotatable bonds is 12. The number of hydrogen-bond donors (Lipinski definition) is 6. The smallest absolute Gasteiger partial charge is 0.0555 e. The molecular weight excluding hydrogens is 384 g/mol. The van der Waals surface area contributed by atoms with Gasteiger partial charge in [0.2, 0.25) is 0 Å². The summed E-state index contributed by atoms with van der Waals surface area (Å²) < 4.78 is 0. The van der Waals surface area contributed by atoms with Crippen LogP contribution >= 0.6 is 0 Å². The Morgan fingerprint density at radius 1 is 0.536 bits per heavy atom. The Morgan fingerprint density at radius 3 is 0.821 bits per heavy atom. The molecule has 0 saturated carbocycles. The quantitative estimate of drug-likeness (QED) is 0.171. The fourth-order valence-corrected chi connectivity index (χ4v) is 1.44. The van der Waals surface area contributed by atoms with E-state index in [-0.39, 0.29) is 37.7 Å². The third kappa shape index (κ3) is 31.3. The number of carboxylic acid groups (broad SMARTS) is 4. The summed E-state index contributed by atoms with van der Waals surface area (Å²) in [5.74, 6) is -6.12. The summed E-state index contributed by atoms with van der Waals surface area (Å²) in [5, 5.41) is 41.6. The molecule has 28 heavy (non-hydrogen) atoms. The van der Waals surface area contributed by atoms with Crippen molar-refractivity contribution < 1.29 is 39.6 Å². The molecule has 20 N–H and O–H groups in total. The Hall–Kier alpha value is -2.44. The van der Waals surface area contributed by atoms with E-state index in [0.717, 1.165) is 9.80 Å². The lowest BCUT2D eigenvalue weighted by Gasteiger charge is -2.28. The lowest BCUT2D eigenvalue weighted by Crippen LogP contribution is -2.50. The molecule has 0 saturated heterocycles. The van der Waals surface area contributed by atoms with Crippen molar-refractivity contribution >= 4 is 23.9 Å². The zero-order valence-corrected chi connectivity index (χ0v) is 17.0. The summed E-state index contributed by atoms with van der Waals surface area (Å²) >= 11 is 0. The van der Waals surface area contributed by atoms with Gasteiger partial charge in [-0.25, -0.2) is 0 Å². The largest absolute Gasteiger partial charge is 0.549 e. The molecule has 0 bridgehead atoms. The van der Waals surface area contributed by atoms with Gasteiger partial charge in [-0.15, -0.1) is 0 Å². The Bertz CT molecular complexity index is 356. The van der Waals surface area contributed by atoms with Crippen molar-refractivity contribution in [3.8, 4) is 0 Å². The number of aliphatic carboxylic acids is 4. The number of quaternary nitrogens is 4. The molecule has 0 aromatic heterocycles. The van der Waals surface area contributed by atoms with Crippen molar-refractivity contribution in [1.82, 2.24) is 34.4 Å². The van der Waals surface area contributed by atoms with Crippen molar-refractivity contribution in [3.05, 3.63) is 0 Å². The fourth-order valence-electron chi connectivity index (χ4n) is 1.44. The van der Waals surface area contributed by atoms with E-state index < -0.39 is 50.1 Å². The normalized spacial score (nSPS) is 8.71. The first-order chi connectivity index (χ1) is 11.1. The van der Waals surface area contributed by atoms with Crippen molar-refractivity contribution in [2.24, 2.45) is 11.5 Å². The summed E-state index contributed by atoms with van der Waals surface area (Å²) in [4.78, 5) is 43.4. The number of nitrogens with two attached hydrogens (primary N) is 2. The number of carbonyl (C=O) groups excluding carboxylic acids is 4. The molecule has 0 aromatic carbocycles. The van der Waals surface area contributed by atoms with Crippen molar-refractivity contribution in [1.29, 1.82) is 0 Å². The van der Waals surface area contributed by atoms with Gasteiger partial charge in [-0.2, -0.15) is 0 Å². The Kier molecular flexibility index (Phi) is 35.3. The van der Waals surface area contributed by atoms with E-state index in [9.17, 15) is 39.6 Å². The maximum absolute atomic E-state index is 10.4.